The van der Waals surface area contributed by atoms with Gasteiger partial charge >= 0.3 is 0 Å². The molecule has 0 N–H and O–H groups in total. The molecule has 7 aromatic carbocycles. The summed E-state index contributed by atoms with van der Waals surface area (Å²) in [5.41, 5.74) is 11.8. The number of benzene rings is 7. The van der Waals surface area contributed by atoms with Crippen molar-refractivity contribution >= 4 is 65.2 Å². The van der Waals surface area contributed by atoms with Crippen molar-refractivity contribution in [1.29, 1.82) is 0 Å². The van der Waals surface area contributed by atoms with Gasteiger partial charge in [0.25, 0.3) is 0 Å². The molecule has 0 spiro atoms. The van der Waals surface area contributed by atoms with Crippen LogP contribution < -0.4 is 0 Å². The molecule has 5 heteroatoms. The lowest BCUT2D eigenvalue weighted by Crippen LogP contribution is -1.94. The Balaban J connectivity index is 1.07. The summed E-state index contributed by atoms with van der Waals surface area (Å²) in [5, 5.41) is 10.6. The van der Waals surface area contributed by atoms with Crippen LogP contribution in [-0.2, 0) is 0 Å². The fraction of sp³-hybridized carbons (Fsp3) is 0. The number of furan rings is 1. The largest absolute Gasteiger partial charge is 0.454 e. The minimum absolute atomic E-state index is 0.779. The second-order valence-corrected chi connectivity index (χ2v) is 15.0. The molecule has 0 amide bonds. The monoisotopic (exact) mass is 752 g/mol. The van der Waals surface area contributed by atoms with E-state index in [2.05, 4.69) is 149 Å². The fourth-order valence-electron chi connectivity index (χ4n) is 8.87. The molecule has 5 heterocycles. The lowest BCUT2D eigenvalue weighted by atomic mass is 9.91. The molecule has 5 nitrogen and oxygen atoms in total. The van der Waals surface area contributed by atoms with Gasteiger partial charge in [-0.05, 0) is 115 Å². The first kappa shape index (κ1) is 33.2. The molecule has 5 aromatic heterocycles. The van der Waals surface area contributed by atoms with Crippen molar-refractivity contribution < 1.29 is 4.42 Å². The van der Waals surface area contributed by atoms with Gasteiger partial charge in [0.1, 0.15) is 11.3 Å². The Bertz CT molecular complexity index is 3520. The van der Waals surface area contributed by atoms with Crippen molar-refractivity contribution in [2.24, 2.45) is 0 Å². The maximum atomic E-state index is 6.83. The van der Waals surface area contributed by atoms with Gasteiger partial charge in [-0.25, -0.2) is 9.97 Å². The van der Waals surface area contributed by atoms with E-state index in [1.54, 1.807) is 12.4 Å². The summed E-state index contributed by atoms with van der Waals surface area (Å²) in [7, 11) is 0. The van der Waals surface area contributed by atoms with E-state index in [0.717, 1.165) is 89.1 Å². The highest BCUT2D eigenvalue weighted by Gasteiger charge is 2.21. The Morgan fingerprint density at radius 3 is 1.61 bits per heavy atom. The number of aromatic nitrogens is 4. The number of fused-ring (bicyclic) bond motifs is 11. The average molecular weight is 753 g/mol. The van der Waals surface area contributed by atoms with Crippen molar-refractivity contribution in [1.82, 2.24) is 19.9 Å². The van der Waals surface area contributed by atoms with Crippen LogP contribution in [0.3, 0.4) is 0 Å². The van der Waals surface area contributed by atoms with E-state index in [0.29, 0.717) is 0 Å². The second kappa shape index (κ2) is 13.3. The molecule has 0 aliphatic carbocycles. The number of hydrogen-bond donors (Lipinski definition) is 0. The van der Waals surface area contributed by atoms with Crippen LogP contribution in [-0.4, -0.2) is 19.9 Å². The lowest BCUT2D eigenvalue weighted by Gasteiger charge is -2.14. The zero-order valence-electron chi connectivity index (χ0n) is 31.7. The molecule has 0 unspecified atom stereocenters. The highest BCUT2D eigenvalue weighted by molar-refractivity contribution is 6.27. The number of nitrogens with zero attached hydrogens (tertiary/aromatic N) is 4. The summed E-state index contributed by atoms with van der Waals surface area (Å²) in [6.07, 6.45) is 3.60. The van der Waals surface area contributed by atoms with Gasteiger partial charge in [-0.3, -0.25) is 9.97 Å². The highest BCUT2D eigenvalue weighted by Crippen LogP contribution is 2.45. The van der Waals surface area contributed by atoms with Crippen molar-refractivity contribution in [2.45, 2.75) is 0 Å². The first-order valence-electron chi connectivity index (χ1n) is 19.8. The molecular weight excluding hydrogens is 721 g/mol. The van der Waals surface area contributed by atoms with Crippen LogP contribution in [0.5, 0.6) is 0 Å². The van der Waals surface area contributed by atoms with E-state index in [4.69, 9.17) is 14.4 Å². The first-order chi connectivity index (χ1) is 29.2. The molecule has 12 aromatic rings. The van der Waals surface area contributed by atoms with Crippen LogP contribution in [0.1, 0.15) is 0 Å². The first-order valence-corrected chi connectivity index (χ1v) is 19.8. The molecule has 0 saturated carbocycles. The molecule has 0 bridgehead atoms. The molecule has 0 saturated heterocycles. The Morgan fingerprint density at radius 1 is 0.339 bits per heavy atom. The van der Waals surface area contributed by atoms with Gasteiger partial charge in [-0.2, -0.15) is 0 Å². The quantitative estimate of drug-likeness (QED) is 0.164. The summed E-state index contributed by atoms with van der Waals surface area (Å²) in [6.45, 7) is 0. The van der Waals surface area contributed by atoms with Gasteiger partial charge < -0.3 is 4.42 Å². The molecule has 0 radical (unpaired) electrons. The highest BCUT2D eigenvalue weighted by atomic mass is 16.3. The van der Waals surface area contributed by atoms with Gasteiger partial charge in [0.05, 0.1) is 28.3 Å². The van der Waals surface area contributed by atoms with Crippen molar-refractivity contribution in [2.75, 3.05) is 0 Å². The summed E-state index contributed by atoms with van der Waals surface area (Å²) in [6, 6.07) is 63.6. The van der Waals surface area contributed by atoms with Gasteiger partial charge in [0, 0.05) is 34.1 Å². The van der Waals surface area contributed by atoms with Crippen LogP contribution in [0, 0.1) is 0 Å². The van der Waals surface area contributed by atoms with E-state index >= 15 is 0 Å². The molecule has 0 aliphatic rings. The Morgan fingerprint density at radius 2 is 0.932 bits per heavy atom. The minimum Gasteiger partial charge on any atom is -0.454 e. The molecule has 12 rings (SSSR count). The van der Waals surface area contributed by atoms with E-state index in [1.807, 2.05) is 42.5 Å². The number of pyridine rings is 4. The molecular formula is C54H32N4O. The summed E-state index contributed by atoms with van der Waals surface area (Å²) in [4.78, 5) is 19.7. The molecule has 0 aliphatic heterocycles. The number of para-hydroxylation sites is 1. The van der Waals surface area contributed by atoms with Gasteiger partial charge in [-0.15, -0.1) is 0 Å². The summed E-state index contributed by atoms with van der Waals surface area (Å²) in [5.74, 6) is 0. The van der Waals surface area contributed by atoms with E-state index < -0.39 is 0 Å². The van der Waals surface area contributed by atoms with E-state index in [9.17, 15) is 0 Å². The van der Waals surface area contributed by atoms with Gasteiger partial charge in [0.15, 0.2) is 5.58 Å². The number of hydrogen-bond acceptors (Lipinski definition) is 5. The van der Waals surface area contributed by atoms with Crippen LogP contribution >= 0.6 is 0 Å². The SMILES string of the molecule is c1ccc(-c2cc(-c3cccc(-c4cccc5nc(-c6ccc7c8ccccc8c8ccccc8c7c6)c6oc7ccccc7c6c45)c3)cc(-c3ccccn3)n2)nc1. The van der Waals surface area contributed by atoms with Gasteiger partial charge in [-0.1, -0.05) is 121 Å². The Hall–Kier alpha value is -8.02. The molecule has 0 atom stereocenters. The van der Waals surface area contributed by atoms with Crippen LogP contribution in [0.2, 0.25) is 0 Å². The Kier molecular flexibility index (Phi) is 7.47. The minimum atomic E-state index is 0.779. The third-order valence-electron chi connectivity index (χ3n) is 11.5. The third-order valence-corrected chi connectivity index (χ3v) is 11.5. The predicted octanol–water partition coefficient (Wildman–Crippen LogP) is 14.1. The zero-order valence-corrected chi connectivity index (χ0v) is 31.7. The fourth-order valence-corrected chi connectivity index (χ4v) is 8.87. The van der Waals surface area contributed by atoms with Crippen molar-refractivity contribution in [3.63, 3.8) is 0 Å². The molecule has 59 heavy (non-hydrogen) atoms. The predicted molar refractivity (Wildman–Crippen MR) is 242 cm³/mol. The second-order valence-electron chi connectivity index (χ2n) is 15.0. The van der Waals surface area contributed by atoms with Gasteiger partial charge in [0.2, 0.25) is 0 Å². The van der Waals surface area contributed by atoms with Crippen LogP contribution in [0.4, 0.5) is 0 Å². The summed E-state index contributed by atoms with van der Waals surface area (Å²) >= 11 is 0. The maximum Gasteiger partial charge on any atom is 0.162 e. The van der Waals surface area contributed by atoms with E-state index in [-0.39, 0.29) is 0 Å². The smallest absolute Gasteiger partial charge is 0.162 e. The van der Waals surface area contributed by atoms with Crippen molar-refractivity contribution in [3.05, 3.63) is 194 Å². The topological polar surface area (TPSA) is 64.7 Å². The normalized spacial score (nSPS) is 11.7. The van der Waals surface area contributed by atoms with Crippen molar-refractivity contribution in [3.8, 4) is 56.3 Å². The standard InChI is InChI=1S/C54H32N4O/c1-2-17-40-38(15-1)39-16-3-4-18-41(39)44-30-35(25-26-42(40)44)53-54-52(43-19-5-6-24-50(43)59-54)51-37(20-12-23-47(51)58-53)34-14-11-13-33(29-34)36-31-48(45-21-7-9-27-55-45)57-49(32-36)46-22-8-10-28-56-46/h1-32H. The van der Waals surface area contributed by atoms with E-state index in [1.165, 1.54) is 32.3 Å². The lowest BCUT2D eigenvalue weighted by molar-refractivity contribution is 0.669. The van der Waals surface area contributed by atoms with Crippen LogP contribution in [0.15, 0.2) is 199 Å². The maximum absolute atomic E-state index is 6.83. The summed E-state index contributed by atoms with van der Waals surface area (Å²) < 4.78 is 6.83. The zero-order chi connectivity index (χ0) is 38.9. The number of rotatable bonds is 5. The molecule has 0 fully saturated rings. The molecule has 274 valence electrons. The Labute approximate surface area is 338 Å². The van der Waals surface area contributed by atoms with Crippen LogP contribution in [0.25, 0.3) is 121 Å². The average Bonchev–Trinajstić information content (AvgIpc) is 3.71. The third kappa shape index (κ3) is 5.40.